The van der Waals surface area contributed by atoms with Gasteiger partial charge in [0.25, 0.3) is 11.8 Å². The number of carbonyl (C=O) groups excluding carboxylic acids is 2. The summed E-state index contributed by atoms with van der Waals surface area (Å²) in [6, 6.07) is 9.22. The average Bonchev–Trinajstić information content (AvgIpc) is 2.58. The topological polar surface area (TPSA) is 79.8 Å². The fourth-order valence-corrected chi connectivity index (χ4v) is 1.89. The minimum atomic E-state index is -4.53. The van der Waals surface area contributed by atoms with Gasteiger partial charge in [0.2, 0.25) is 0 Å². The third kappa shape index (κ3) is 6.77. The van der Waals surface area contributed by atoms with Gasteiger partial charge in [0.05, 0.1) is 5.56 Å². The van der Waals surface area contributed by atoms with Crippen LogP contribution in [0.25, 0.3) is 0 Å². The van der Waals surface area contributed by atoms with Gasteiger partial charge in [-0.1, -0.05) is 17.3 Å². The van der Waals surface area contributed by atoms with E-state index in [0.717, 1.165) is 24.3 Å². The maximum atomic E-state index is 13.0. The smallest absolute Gasteiger partial charge is 0.385 e. The Labute approximate surface area is 150 Å². The number of amides is 2. The van der Waals surface area contributed by atoms with Crippen LogP contribution in [0.3, 0.4) is 0 Å². The lowest BCUT2D eigenvalue weighted by atomic mass is 10.2. The molecule has 0 aromatic heterocycles. The highest BCUT2D eigenvalue weighted by atomic mass is 19.4. The molecule has 0 heterocycles. The molecule has 0 aliphatic heterocycles. The predicted octanol–water partition coefficient (Wildman–Crippen LogP) is 3.42. The quantitative estimate of drug-likeness (QED) is 0.456. The molecular weight excluding hydrogens is 370 g/mol. The second-order valence-corrected chi connectivity index (χ2v) is 5.13. The van der Waals surface area contributed by atoms with Gasteiger partial charge in [-0.2, -0.15) is 13.2 Å². The SMILES string of the molecule is O=C(/C=N/OCC(=O)Nc1cccc(F)c1)Nc1cccc(C(F)(F)F)c1. The number of benzene rings is 2. The van der Waals surface area contributed by atoms with Crippen LogP contribution in [0.4, 0.5) is 28.9 Å². The summed E-state index contributed by atoms with van der Waals surface area (Å²) in [5.74, 6) is -2.02. The molecule has 0 unspecified atom stereocenters. The van der Waals surface area contributed by atoms with Crippen molar-refractivity contribution in [3.8, 4) is 0 Å². The Morgan fingerprint density at radius 2 is 1.70 bits per heavy atom. The lowest BCUT2D eigenvalue weighted by molar-refractivity contribution is -0.137. The molecule has 2 N–H and O–H groups in total. The van der Waals surface area contributed by atoms with Crippen molar-refractivity contribution in [2.24, 2.45) is 5.16 Å². The van der Waals surface area contributed by atoms with Crippen molar-refractivity contribution in [2.45, 2.75) is 6.18 Å². The molecule has 0 saturated carbocycles. The standard InChI is InChI=1S/C17H13F4N3O3/c18-12-4-2-6-14(8-12)24-16(26)10-27-22-9-15(25)23-13-5-1-3-11(7-13)17(19,20)21/h1-9H,10H2,(H,23,25)(H,24,26)/b22-9+. The lowest BCUT2D eigenvalue weighted by Crippen LogP contribution is -2.18. The van der Waals surface area contributed by atoms with Crippen molar-refractivity contribution < 1.29 is 32.0 Å². The van der Waals surface area contributed by atoms with Gasteiger partial charge < -0.3 is 15.5 Å². The molecule has 0 fully saturated rings. The van der Waals surface area contributed by atoms with Crippen molar-refractivity contribution in [3.63, 3.8) is 0 Å². The molecule has 2 rings (SSSR count). The minimum absolute atomic E-state index is 0.0786. The van der Waals surface area contributed by atoms with E-state index in [0.29, 0.717) is 6.21 Å². The number of hydrogen-bond acceptors (Lipinski definition) is 4. The maximum absolute atomic E-state index is 13.0. The molecule has 27 heavy (non-hydrogen) atoms. The van der Waals surface area contributed by atoms with Gasteiger partial charge in [-0.25, -0.2) is 4.39 Å². The zero-order valence-electron chi connectivity index (χ0n) is 13.6. The first-order valence-electron chi connectivity index (χ1n) is 7.43. The van der Waals surface area contributed by atoms with E-state index in [1.807, 2.05) is 0 Å². The number of halogens is 4. The fourth-order valence-electron chi connectivity index (χ4n) is 1.89. The van der Waals surface area contributed by atoms with Crippen LogP contribution >= 0.6 is 0 Å². The third-order valence-corrected chi connectivity index (χ3v) is 3.01. The number of nitrogens with zero attached hydrogens (tertiary/aromatic N) is 1. The molecule has 0 atom stereocenters. The van der Waals surface area contributed by atoms with Crippen molar-refractivity contribution in [1.29, 1.82) is 0 Å². The fraction of sp³-hybridized carbons (Fsp3) is 0.118. The predicted molar refractivity (Wildman–Crippen MR) is 89.5 cm³/mol. The van der Waals surface area contributed by atoms with Gasteiger partial charge in [0.15, 0.2) is 6.61 Å². The van der Waals surface area contributed by atoms with E-state index in [2.05, 4.69) is 20.6 Å². The van der Waals surface area contributed by atoms with E-state index < -0.39 is 36.0 Å². The van der Waals surface area contributed by atoms with Crippen LogP contribution < -0.4 is 10.6 Å². The minimum Gasteiger partial charge on any atom is -0.385 e. The van der Waals surface area contributed by atoms with Gasteiger partial charge >= 0.3 is 6.18 Å². The van der Waals surface area contributed by atoms with E-state index in [-0.39, 0.29) is 11.4 Å². The summed E-state index contributed by atoms with van der Waals surface area (Å²) < 4.78 is 50.7. The Bertz CT molecular complexity index is 853. The van der Waals surface area contributed by atoms with Crippen LogP contribution in [0.2, 0.25) is 0 Å². The molecule has 0 saturated heterocycles. The first-order valence-corrected chi connectivity index (χ1v) is 7.43. The average molecular weight is 383 g/mol. The van der Waals surface area contributed by atoms with Crippen LogP contribution in [0.15, 0.2) is 53.7 Å². The number of hydrogen-bond donors (Lipinski definition) is 2. The Morgan fingerprint density at radius 1 is 1.04 bits per heavy atom. The molecule has 10 heteroatoms. The Morgan fingerprint density at radius 3 is 2.37 bits per heavy atom. The summed E-state index contributed by atoms with van der Waals surface area (Å²) in [5, 5.41) is 7.77. The highest BCUT2D eigenvalue weighted by Gasteiger charge is 2.30. The number of anilines is 2. The molecule has 2 aromatic carbocycles. The van der Waals surface area contributed by atoms with Crippen LogP contribution in [-0.4, -0.2) is 24.6 Å². The Hall–Kier alpha value is -3.43. The monoisotopic (exact) mass is 383 g/mol. The lowest BCUT2D eigenvalue weighted by Gasteiger charge is -2.08. The van der Waals surface area contributed by atoms with Gasteiger partial charge in [-0.05, 0) is 36.4 Å². The number of alkyl halides is 3. The highest BCUT2D eigenvalue weighted by molar-refractivity contribution is 6.31. The van der Waals surface area contributed by atoms with E-state index in [4.69, 9.17) is 0 Å². The van der Waals surface area contributed by atoms with E-state index >= 15 is 0 Å². The second kappa shape index (κ2) is 8.79. The van der Waals surface area contributed by atoms with E-state index in [1.54, 1.807) is 0 Å². The summed E-state index contributed by atoms with van der Waals surface area (Å²) in [6.07, 6.45) is -3.87. The van der Waals surface area contributed by atoms with Crippen LogP contribution in [-0.2, 0) is 20.6 Å². The van der Waals surface area contributed by atoms with Gasteiger partial charge in [-0.3, -0.25) is 9.59 Å². The summed E-state index contributed by atoms with van der Waals surface area (Å²) in [6.45, 7) is -0.552. The van der Waals surface area contributed by atoms with Gasteiger partial charge in [0, 0.05) is 11.4 Å². The molecule has 6 nitrogen and oxygen atoms in total. The Balaban J connectivity index is 1.79. The third-order valence-electron chi connectivity index (χ3n) is 3.01. The molecule has 0 bridgehead atoms. The summed E-state index contributed by atoms with van der Waals surface area (Å²) in [5.41, 5.74) is -0.775. The molecule has 2 amide bonds. The summed E-state index contributed by atoms with van der Waals surface area (Å²) >= 11 is 0. The molecule has 142 valence electrons. The molecule has 0 aliphatic rings. The van der Waals surface area contributed by atoms with Gasteiger partial charge in [-0.15, -0.1) is 0 Å². The largest absolute Gasteiger partial charge is 0.416 e. The number of carbonyl (C=O) groups is 2. The molecule has 0 spiro atoms. The van der Waals surface area contributed by atoms with Crippen molar-refractivity contribution in [1.82, 2.24) is 0 Å². The summed E-state index contributed by atoms with van der Waals surface area (Å²) in [4.78, 5) is 27.7. The van der Waals surface area contributed by atoms with Crippen LogP contribution in [0, 0.1) is 5.82 Å². The normalized spacial score (nSPS) is 11.3. The zero-order valence-corrected chi connectivity index (χ0v) is 13.6. The van der Waals surface area contributed by atoms with E-state index in [9.17, 15) is 27.2 Å². The maximum Gasteiger partial charge on any atom is 0.416 e. The zero-order chi connectivity index (χ0) is 19.9. The first-order chi connectivity index (χ1) is 12.7. The van der Waals surface area contributed by atoms with E-state index in [1.165, 1.54) is 24.3 Å². The molecule has 0 radical (unpaired) electrons. The summed E-state index contributed by atoms with van der Waals surface area (Å²) in [7, 11) is 0. The molecule has 2 aromatic rings. The van der Waals surface area contributed by atoms with Gasteiger partial charge in [0.1, 0.15) is 12.0 Å². The number of rotatable bonds is 6. The molecular formula is C17H13F4N3O3. The highest BCUT2D eigenvalue weighted by Crippen LogP contribution is 2.30. The van der Waals surface area contributed by atoms with Crippen LogP contribution in [0.1, 0.15) is 5.56 Å². The Kier molecular flexibility index (Phi) is 6.47. The number of oxime groups is 1. The molecule has 0 aliphatic carbocycles. The van der Waals surface area contributed by atoms with Crippen molar-refractivity contribution >= 4 is 29.4 Å². The first kappa shape index (κ1) is 19.9. The van der Waals surface area contributed by atoms with Crippen molar-refractivity contribution in [2.75, 3.05) is 17.2 Å². The van der Waals surface area contributed by atoms with Crippen LogP contribution in [0.5, 0.6) is 0 Å². The van der Waals surface area contributed by atoms with Crippen molar-refractivity contribution in [3.05, 3.63) is 59.9 Å². The number of nitrogens with one attached hydrogen (secondary N) is 2. The second-order valence-electron chi connectivity index (χ2n) is 5.13.